The second-order valence-electron chi connectivity index (χ2n) is 6.89. The van der Waals surface area contributed by atoms with E-state index >= 15 is 0 Å². The van der Waals surface area contributed by atoms with E-state index in [0.717, 1.165) is 18.7 Å². The molecule has 152 valence electrons. The molecule has 4 rings (SSSR count). The first-order chi connectivity index (χ1) is 14.1. The van der Waals surface area contributed by atoms with Crippen LogP contribution in [0.2, 0.25) is 0 Å². The molecule has 1 amide bonds. The number of ether oxygens (including phenoxy) is 1. The molecule has 1 fully saturated rings. The Hall–Kier alpha value is -2.42. The SMILES string of the molecule is O=C(Cc1ccc(F)cc1)N(CCN1CCOCC1)c1nc2c(F)cccc2s1. The maximum Gasteiger partial charge on any atom is 0.233 e. The number of hydrogen-bond donors (Lipinski definition) is 0. The van der Waals surface area contributed by atoms with Crippen LogP contribution in [-0.2, 0) is 16.0 Å². The molecule has 2 heterocycles. The van der Waals surface area contributed by atoms with Gasteiger partial charge in [0.15, 0.2) is 5.13 Å². The number of halogens is 2. The van der Waals surface area contributed by atoms with Crippen LogP contribution in [0, 0.1) is 11.6 Å². The van der Waals surface area contributed by atoms with Crippen LogP contribution in [0.25, 0.3) is 10.2 Å². The van der Waals surface area contributed by atoms with Crippen LogP contribution in [0.1, 0.15) is 5.56 Å². The molecule has 1 saturated heterocycles. The first kappa shape index (κ1) is 19.9. The molecule has 0 unspecified atom stereocenters. The van der Waals surface area contributed by atoms with Crippen molar-refractivity contribution in [2.45, 2.75) is 6.42 Å². The molecule has 0 radical (unpaired) electrons. The second kappa shape index (κ2) is 8.94. The lowest BCUT2D eigenvalue weighted by Gasteiger charge is -2.29. The maximum atomic E-state index is 14.1. The fourth-order valence-electron chi connectivity index (χ4n) is 3.28. The molecular weight excluding hydrogens is 396 g/mol. The number of carbonyl (C=O) groups is 1. The zero-order valence-electron chi connectivity index (χ0n) is 15.8. The Kier molecular flexibility index (Phi) is 6.13. The van der Waals surface area contributed by atoms with Crippen LogP contribution in [-0.4, -0.2) is 55.2 Å². The van der Waals surface area contributed by atoms with E-state index in [1.54, 1.807) is 29.2 Å². The van der Waals surface area contributed by atoms with E-state index in [9.17, 15) is 13.6 Å². The highest BCUT2D eigenvalue weighted by Crippen LogP contribution is 2.30. The van der Waals surface area contributed by atoms with Gasteiger partial charge in [0.2, 0.25) is 5.91 Å². The van der Waals surface area contributed by atoms with E-state index in [-0.39, 0.29) is 23.7 Å². The lowest BCUT2D eigenvalue weighted by Crippen LogP contribution is -2.43. The van der Waals surface area contributed by atoms with Crippen molar-refractivity contribution in [2.75, 3.05) is 44.3 Å². The Bertz CT molecular complexity index is 987. The fourth-order valence-corrected chi connectivity index (χ4v) is 4.31. The summed E-state index contributed by atoms with van der Waals surface area (Å²) < 4.78 is 33.4. The smallest absolute Gasteiger partial charge is 0.233 e. The van der Waals surface area contributed by atoms with Crippen LogP contribution in [0.15, 0.2) is 42.5 Å². The molecule has 0 saturated carbocycles. The van der Waals surface area contributed by atoms with E-state index in [4.69, 9.17) is 4.74 Å². The summed E-state index contributed by atoms with van der Waals surface area (Å²) in [7, 11) is 0. The molecular formula is C21H21F2N3O2S. The predicted octanol–water partition coefficient (Wildman–Crippen LogP) is 3.48. The summed E-state index contributed by atoms with van der Waals surface area (Å²) in [6, 6.07) is 10.7. The van der Waals surface area contributed by atoms with Gasteiger partial charge in [-0.1, -0.05) is 29.5 Å². The molecule has 2 aromatic carbocycles. The highest BCUT2D eigenvalue weighted by atomic mass is 32.1. The predicted molar refractivity (Wildman–Crippen MR) is 109 cm³/mol. The molecule has 29 heavy (non-hydrogen) atoms. The maximum absolute atomic E-state index is 14.1. The molecule has 3 aromatic rings. The van der Waals surface area contributed by atoms with Gasteiger partial charge < -0.3 is 4.74 Å². The van der Waals surface area contributed by atoms with Gasteiger partial charge >= 0.3 is 0 Å². The number of carbonyl (C=O) groups excluding carboxylic acids is 1. The lowest BCUT2D eigenvalue weighted by atomic mass is 10.1. The van der Waals surface area contributed by atoms with E-state index in [2.05, 4.69) is 9.88 Å². The summed E-state index contributed by atoms with van der Waals surface area (Å²) in [4.78, 5) is 21.3. The minimum absolute atomic E-state index is 0.127. The number of para-hydroxylation sites is 1. The standard InChI is InChI=1S/C21H21F2N3O2S/c22-16-6-4-15(5-7-16)14-19(27)26(9-8-25-10-12-28-13-11-25)21-24-20-17(23)2-1-3-18(20)29-21/h1-7H,8-14H2. The van der Waals surface area contributed by atoms with E-state index in [1.807, 2.05) is 0 Å². The largest absolute Gasteiger partial charge is 0.379 e. The molecule has 0 bridgehead atoms. The van der Waals surface area contributed by atoms with Gasteiger partial charge in [0.1, 0.15) is 17.2 Å². The van der Waals surface area contributed by atoms with Crippen molar-refractivity contribution in [2.24, 2.45) is 0 Å². The van der Waals surface area contributed by atoms with Crippen molar-refractivity contribution in [3.63, 3.8) is 0 Å². The minimum atomic E-state index is -0.399. The van der Waals surface area contributed by atoms with Crippen molar-refractivity contribution >= 4 is 32.6 Å². The van der Waals surface area contributed by atoms with Gasteiger partial charge in [0.25, 0.3) is 0 Å². The van der Waals surface area contributed by atoms with Gasteiger partial charge in [-0.2, -0.15) is 0 Å². The number of morpholine rings is 1. The van der Waals surface area contributed by atoms with E-state index in [0.29, 0.717) is 36.1 Å². The zero-order valence-corrected chi connectivity index (χ0v) is 16.6. The Balaban J connectivity index is 1.57. The highest BCUT2D eigenvalue weighted by molar-refractivity contribution is 7.22. The van der Waals surface area contributed by atoms with Crippen LogP contribution in [0.4, 0.5) is 13.9 Å². The second-order valence-corrected chi connectivity index (χ2v) is 7.89. The average Bonchev–Trinajstić information content (AvgIpc) is 3.16. The van der Waals surface area contributed by atoms with Crippen molar-refractivity contribution in [3.05, 3.63) is 59.7 Å². The van der Waals surface area contributed by atoms with Crippen molar-refractivity contribution in [1.29, 1.82) is 0 Å². The summed E-state index contributed by atoms with van der Waals surface area (Å²) in [5.74, 6) is -0.888. The van der Waals surface area contributed by atoms with Gasteiger partial charge in [-0.15, -0.1) is 0 Å². The molecule has 0 spiro atoms. The Morgan fingerprint density at radius 3 is 2.62 bits per heavy atom. The lowest BCUT2D eigenvalue weighted by molar-refractivity contribution is -0.118. The molecule has 5 nitrogen and oxygen atoms in total. The zero-order chi connectivity index (χ0) is 20.2. The first-order valence-electron chi connectivity index (χ1n) is 9.50. The van der Waals surface area contributed by atoms with E-state index < -0.39 is 5.82 Å². The van der Waals surface area contributed by atoms with Gasteiger partial charge in [0.05, 0.1) is 24.3 Å². The summed E-state index contributed by atoms with van der Waals surface area (Å²) in [6.07, 6.45) is 0.127. The summed E-state index contributed by atoms with van der Waals surface area (Å²) in [5, 5.41) is 0.477. The number of anilines is 1. The third-order valence-corrected chi connectivity index (χ3v) is 5.95. The average molecular weight is 417 g/mol. The molecule has 0 aliphatic carbocycles. The summed E-state index contributed by atoms with van der Waals surface area (Å²) >= 11 is 1.30. The van der Waals surface area contributed by atoms with Crippen LogP contribution in [0.3, 0.4) is 0 Å². The molecule has 1 aromatic heterocycles. The first-order valence-corrected chi connectivity index (χ1v) is 10.3. The Morgan fingerprint density at radius 2 is 1.90 bits per heavy atom. The number of hydrogen-bond acceptors (Lipinski definition) is 5. The molecule has 1 aliphatic heterocycles. The number of thiazole rings is 1. The van der Waals surface area contributed by atoms with Crippen LogP contribution >= 0.6 is 11.3 Å². The molecule has 0 atom stereocenters. The number of fused-ring (bicyclic) bond motifs is 1. The van der Waals surface area contributed by atoms with Crippen molar-refractivity contribution in [3.8, 4) is 0 Å². The molecule has 8 heteroatoms. The fraction of sp³-hybridized carbons (Fsp3) is 0.333. The topological polar surface area (TPSA) is 45.7 Å². The third-order valence-electron chi connectivity index (χ3n) is 4.90. The minimum Gasteiger partial charge on any atom is -0.379 e. The normalized spacial score (nSPS) is 15.0. The monoisotopic (exact) mass is 417 g/mol. The number of nitrogens with zero attached hydrogens (tertiary/aromatic N) is 3. The third kappa shape index (κ3) is 4.77. The van der Waals surface area contributed by atoms with Crippen LogP contribution in [0.5, 0.6) is 0 Å². The quantitative estimate of drug-likeness (QED) is 0.616. The summed E-state index contributed by atoms with van der Waals surface area (Å²) in [6.45, 7) is 4.10. The number of amides is 1. The number of aromatic nitrogens is 1. The van der Waals surface area contributed by atoms with Crippen LogP contribution < -0.4 is 4.90 Å². The Morgan fingerprint density at radius 1 is 1.14 bits per heavy atom. The molecule has 0 N–H and O–H groups in total. The van der Waals surface area contributed by atoms with Crippen molar-refractivity contribution in [1.82, 2.24) is 9.88 Å². The number of rotatable bonds is 6. The summed E-state index contributed by atoms with van der Waals surface area (Å²) in [5.41, 5.74) is 0.999. The van der Waals surface area contributed by atoms with Gasteiger partial charge in [0, 0.05) is 26.2 Å². The van der Waals surface area contributed by atoms with Crippen molar-refractivity contribution < 1.29 is 18.3 Å². The van der Waals surface area contributed by atoms with Gasteiger partial charge in [-0.3, -0.25) is 14.6 Å². The number of benzene rings is 2. The van der Waals surface area contributed by atoms with E-state index in [1.165, 1.54) is 29.5 Å². The highest BCUT2D eigenvalue weighted by Gasteiger charge is 2.22. The Labute approximate surface area is 171 Å². The van der Waals surface area contributed by atoms with Gasteiger partial charge in [-0.25, -0.2) is 13.8 Å². The van der Waals surface area contributed by atoms with Gasteiger partial charge in [-0.05, 0) is 29.8 Å². The molecule has 1 aliphatic rings.